The lowest BCUT2D eigenvalue weighted by Gasteiger charge is -2.24. The molecule has 0 saturated heterocycles. The zero-order valence-corrected chi connectivity index (χ0v) is 11.1. The van der Waals surface area contributed by atoms with E-state index < -0.39 is 0 Å². The van der Waals surface area contributed by atoms with Crippen LogP contribution in [0.4, 0.5) is 0 Å². The number of nitrogens with one attached hydrogen (secondary N) is 1. The van der Waals surface area contributed by atoms with Crippen LogP contribution >= 0.6 is 0 Å². The molecule has 2 amide bonds. The monoisotopic (exact) mass is 243 g/mol. The van der Waals surface area contributed by atoms with Gasteiger partial charge in [0.15, 0.2) is 0 Å². The predicted molar refractivity (Wildman–Crippen MR) is 68.1 cm³/mol. The lowest BCUT2D eigenvalue weighted by Crippen LogP contribution is -2.37. The third-order valence-corrected chi connectivity index (χ3v) is 2.41. The fraction of sp³-hybridized carbons (Fsp3) is 0.833. The van der Waals surface area contributed by atoms with Gasteiger partial charge in [-0.3, -0.25) is 9.59 Å². The van der Waals surface area contributed by atoms with E-state index in [1.165, 1.54) is 0 Å². The van der Waals surface area contributed by atoms with Gasteiger partial charge in [0, 0.05) is 19.5 Å². The van der Waals surface area contributed by atoms with Crippen molar-refractivity contribution in [2.45, 2.75) is 40.0 Å². The Morgan fingerprint density at radius 3 is 2.29 bits per heavy atom. The van der Waals surface area contributed by atoms with E-state index in [1.807, 2.05) is 0 Å². The number of hydrogen-bond acceptors (Lipinski definition) is 3. The maximum atomic E-state index is 11.8. The van der Waals surface area contributed by atoms with Crippen molar-refractivity contribution in [3.8, 4) is 0 Å². The number of primary amides is 1. The summed E-state index contributed by atoms with van der Waals surface area (Å²) in [5.74, 6) is -0.542. The summed E-state index contributed by atoms with van der Waals surface area (Å²) in [5, 5.41) is 2.78. The molecule has 1 unspecified atom stereocenters. The minimum absolute atomic E-state index is 0.0353. The lowest BCUT2D eigenvalue weighted by atomic mass is 9.84. The zero-order chi connectivity index (χ0) is 13.5. The van der Waals surface area contributed by atoms with Crippen LogP contribution in [0.5, 0.6) is 0 Å². The Labute approximate surface area is 103 Å². The summed E-state index contributed by atoms with van der Waals surface area (Å²) in [7, 11) is 0. The smallest absolute Gasteiger partial charge is 0.224 e. The Morgan fingerprint density at radius 2 is 1.88 bits per heavy atom. The lowest BCUT2D eigenvalue weighted by molar-refractivity contribution is -0.126. The summed E-state index contributed by atoms with van der Waals surface area (Å²) in [5.41, 5.74) is 10.7. The highest BCUT2D eigenvalue weighted by atomic mass is 16.2. The van der Waals surface area contributed by atoms with Gasteiger partial charge < -0.3 is 16.8 Å². The van der Waals surface area contributed by atoms with E-state index in [2.05, 4.69) is 26.1 Å². The third-order valence-electron chi connectivity index (χ3n) is 2.41. The molecule has 0 aliphatic carbocycles. The second-order valence-electron chi connectivity index (χ2n) is 5.56. The Hall–Kier alpha value is -1.10. The first-order valence-corrected chi connectivity index (χ1v) is 6.02. The second-order valence-corrected chi connectivity index (χ2v) is 5.56. The number of nitrogens with two attached hydrogens (primary N) is 2. The van der Waals surface area contributed by atoms with Crippen molar-refractivity contribution in [2.75, 3.05) is 13.1 Å². The number of hydrogen-bond donors (Lipinski definition) is 3. The molecule has 0 rings (SSSR count). The van der Waals surface area contributed by atoms with E-state index in [1.54, 1.807) is 0 Å². The van der Waals surface area contributed by atoms with Crippen LogP contribution in [0.1, 0.15) is 40.0 Å². The van der Waals surface area contributed by atoms with Crippen LogP contribution in [0, 0.1) is 11.3 Å². The minimum Gasteiger partial charge on any atom is -0.370 e. The van der Waals surface area contributed by atoms with Crippen molar-refractivity contribution in [1.82, 2.24) is 5.32 Å². The molecule has 5 N–H and O–H groups in total. The Kier molecular flexibility index (Phi) is 6.80. The second kappa shape index (κ2) is 7.27. The zero-order valence-electron chi connectivity index (χ0n) is 11.1. The molecule has 1 atom stereocenters. The molecule has 0 aromatic heterocycles. The number of carbonyl (C=O) groups is 2. The van der Waals surface area contributed by atoms with Crippen LogP contribution in [-0.2, 0) is 9.59 Å². The first kappa shape index (κ1) is 15.9. The largest absolute Gasteiger partial charge is 0.370 e. The number of amides is 2. The van der Waals surface area contributed by atoms with Crippen LogP contribution in [0.25, 0.3) is 0 Å². The van der Waals surface area contributed by atoms with Gasteiger partial charge in [-0.25, -0.2) is 0 Å². The summed E-state index contributed by atoms with van der Waals surface area (Å²) in [6, 6.07) is 0. The van der Waals surface area contributed by atoms with E-state index in [4.69, 9.17) is 11.5 Å². The van der Waals surface area contributed by atoms with Gasteiger partial charge in [0.2, 0.25) is 11.8 Å². The molecule has 17 heavy (non-hydrogen) atoms. The first-order chi connectivity index (χ1) is 7.76. The van der Waals surface area contributed by atoms with Crippen LogP contribution in [0.2, 0.25) is 0 Å². The predicted octanol–water partition coefficient (Wildman–Crippen LogP) is 0.379. The standard InChI is InChI=1S/C12H25N3O2/c1-12(2,3)7-9(8-13)11(17)15-6-4-5-10(14)16/h9H,4-8,13H2,1-3H3,(H2,14,16)(H,15,17). The molecule has 0 aliphatic heterocycles. The molecule has 0 aromatic carbocycles. The van der Waals surface area contributed by atoms with Gasteiger partial charge in [0.05, 0.1) is 5.92 Å². The van der Waals surface area contributed by atoms with Gasteiger partial charge >= 0.3 is 0 Å². The highest BCUT2D eigenvalue weighted by Crippen LogP contribution is 2.23. The molecule has 0 saturated carbocycles. The molecule has 0 aliphatic rings. The van der Waals surface area contributed by atoms with Crippen LogP contribution < -0.4 is 16.8 Å². The molecule has 5 heteroatoms. The van der Waals surface area contributed by atoms with Gasteiger partial charge in [0.25, 0.3) is 0 Å². The molecule has 0 bridgehead atoms. The average Bonchev–Trinajstić information content (AvgIpc) is 2.19. The molecule has 0 heterocycles. The van der Waals surface area contributed by atoms with Gasteiger partial charge in [-0.15, -0.1) is 0 Å². The molecule has 0 spiro atoms. The molecule has 100 valence electrons. The van der Waals surface area contributed by atoms with Crippen LogP contribution in [0.15, 0.2) is 0 Å². The molecule has 5 nitrogen and oxygen atoms in total. The van der Waals surface area contributed by atoms with E-state index in [9.17, 15) is 9.59 Å². The molecule has 0 aromatic rings. The summed E-state index contributed by atoms with van der Waals surface area (Å²) in [4.78, 5) is 22.3. The molecule has 0 radical (unpaired) electrons. The maximum absolute atomic E-state index is 11.8. The van der Waals surface area contributed by atoms with Crippen LogP contribution in [0.3, 0.4) is 0 Å². The first-order valence-electron chi connectivity index (χ1n) is 6.02. The quantitative estimate of drug-likeness (QED) is 0.564. The Bertz CT molecular complexity index is 259. The summed E-state index contributed by atoms with van der Waals surface area (Å²) < 4.78 is 0. The van der Waals surface area contributed by atoms with Crippen molar-refractivity contribution in [3.63, 3.8) is 0 Å². The minimum atomic E-state index is -0.343. The third kappa shape index (κ3) is 8.68. The van der Waals surface area contributed by atoms with Crippen LogP contribution in [-0.4, -0.2) is 24.9 Å². The van der Waals surface area contributed by atoms with E-state index in [0.717, 1.165) is 6.42 Å². The summed E-state index contributed by atoms with van der Waals surface area (Å²) in [6.07, 6.45) is 1.63. The summed E-state index contributed by atoms with van der Waals surface area (Å²) >= 11 is 0. The van der Waals surface area contributed by atoms with Gasteiger partial charge in [-0.2, -0.15) is 0 Å². The topological polar surface area (TPSA) is 98.2 Å². The van der Waals surface area contributed by atoms with E-state index >= 15 is 0 Å². The van der Waals surface area contributed by atoms with Gasteiger partial charge in [-0.1, -0.05) is 20.8 Å². The Morgan fingerprint density at radius 1 is 1.29 bits per heavy atom. The van der Waals surface area contributed by atoms with Crippen molar-refractivity contribution in [2.24, 2.45) is 22.8 Å². The Balaban J connectivity index is 3.97. The highest BCUT2D eigenvalue weighted by Gasteiger charge is 2.23. The average molecular weight is 243 g/mol. The van der Waals surface area contributed by atoms with Crippen molar-refractivity contribution < 1.29 is 9.59 Å². The molecule has 0 fully saturated rings. The van der Waals surface area contributed by atoms with Crippen molar-refractivity contribution in [3.05, 3.63) is 0 Å². The summed E-state index contributed by atoms with van der Waals surface area (Å²) in [6.45, 7) is 7.06. The number of rotatable bonds is 7. The molecular weight excluding hydrogens is 218 g/mol. The fourth-order valence-corrected chi connectivity index (χ4v) is 1.64. The normalized spacial score (nSPS) is 13.2. The highest BCUT2D eigenvalue weighted by molar-refractivity contribution is 5.79. The van der Waals surface area contributed by atoms with Crippen molar-refractivity contribution in [1.29, 1.82) is 0 Å². The van der Waals surface area contributed by atoms with E-state index in [-0.39, 0.29) is 23.1 Å². The fourth-order valence-electron chi connectivity index (χ4n) is 1.64. The van der Waals surface area contributed by atoms with E-state index in [0.29, 0.717) is 25.9 Å². The maximum Gasteiger partial charge on any atom is 0.224 e. The van der Waals surface area contributed by atoms with Crippen molar-refractivity contribution >= 4 is 11.8 Å². The van der Waals surface area contributed by atoms with Gasteiger partial charge in [-0.05, 0) is 18.3 Å². The van der Waals surface area contributed by atoms with Gasteiger partial charge in [0.1, 0.15) is 0 Å². The molecular formula is C12H25N3O2. The SMILES string of the molecule is CC(C)(C)CC(CN)C(=O)NCCCC(N)=O. The number of carbonyl (C=O) groups excluding carboxylic acids is 2.